The molecular formula is C9H7NO2S2. The monoisotopic (exact) mass is 225 g/mol. The molecule has 2 rings (SSSR count). The first-order chi connectivity index (χ1) is 6.77. The lowest BCUT2D eigenvalue weighted by Crippen LogP contribution is -1.72. The lowest BCUT2D eigenvalue weighted by Gasteiger charge is -1.92. The molecule has 2 heterocycles. The molecule has 0 aliphatic rings. The van der Waals surface area contributed by atoms with Crippen LogP contribution in [0.15, 0.2) is 40.9 Å². The molecule has 5 heteroatoms. The molecular weight excluding hydrogens is 218 g/mol. The average molecular weight is 225 g/mol. The second-order valence-electron chi connectivity index (χ2n) is 2.64. The van der Waals surface area contributed by atoms with Gasteiger partial charge < -0.3 is 0 Å². The molecule has 14 heavy (non-hydrogen) atoms. The molecule has 2 aromatic heterocycles. The maximum absolute atomic E-state index is 10.7. The van der Waals surface area contributed by atoms with Crippen LogP contribution in [0, 0.1) is 0 Å². The number of pyridine rings is 1. The number of hydrogen-bond donors (Lipinski definition) is 1. The highest BCUT2D eigenvalue weighted by molar-refractivity contribution is 7.75. The summed E-state index contributed by atoms with van der Waals surface area (Å²) in [5, 5.41) is 0. The molecule has 3 nitrogen and oxygen atoms in total. The van der Waals surface area contributed by atoms with E-state index in [0.29, 0.717) is 4.21 Å². The van der Waals surface area contributed by atoms with Crippen LogP contribution in [-0.2, 0) is 10.7 Å². The van der Waals surface area contributed by atoms with Gasteiger partial charge in [-0.3, -0.25) is 4.98 Å². The van der Waals surface area contributed by atoms with Crippen molar-refractivity contribution in [1.29, 1.82) is 0 Å². The predicted octanol–water partition coefficient (Wildman–Crippen LogP) is 1.78. The summed E-state index contributed by atoms with van der Waals surface area (Å²) >= 11 is 1.26. The van der Waals surface area contributed by atoms with Crippen LogP contribution < -0.4 is 0 Å². The maximum atomic E-state index is 10.7. The topological polar surface area (TPSA) is 47.0 Å². The number of nitrogens with zero attached hydrogens (tertiary/aromatic N) is 1. The molecule has 0 spiro atoms. The largest absolute Gasteiger partial charge is 0.264 e. The van der Waals surface area contributed by atoms with E-state index < -0.39 is 10.7 Å². The molecule has 0 bridgehead atoms. The molecule has 0 N–H and O–H groups in total. The van der Waals surface area contributed by atoms with Crippen molar-refractivity contribution < 1.29 is 8.42 Å². The van der Waals surface area contributed by atoms with E-state index in [1.807, 2.05) is 12.1 Å². The predicted molar refractivity (Wildman–Crippen MR) is 56.1 cm³/mol. The zero-order valence-corrected chi connectivity index (χ0v) is 8.79. The first kappa shape index (κ1) is 9.36. The van der Waals surface area contributed by atoms with Crippen molar-refractivity contribution in [3.05, 3.63) is 36.7 Å². The molecule has 0 atom stereocenters. The standard InChI is InChI=1S/C9H7NO2S2/c11-14(12)9-4-3-8(13-9)7-2-1-5-10-6-7/h1-6,14H. The fourth-order valence-electron chi connectivity index (χ4n) is 1.09. The zero-order chi connectivity index (χ0) is 9.97. The van der Waals surface area contributed by atoms with Crippen molar-refractivity contribution in [2.45, 2.75) is 4.21 Å². The minimum atomic E-state index is -2.47. The van der Waals surface area contributed by atoms with Crippen molar-refractivity contribution in [3.8, 4) is 10.4 Å². The van der Waals surface area contributed by atoms with Gasteiger partial charge in [0.25, 0.3) is 0 Å². The summed E-state index contributed by atoms with van der Waals surface area (Å²) in [6, 6.07) is 7.13. The number of aromatic nitrogens is 1. The lowest BCUT2D eigenvalue weighted by atomic mass is 10.2. The molecule has 0 amide bonds. The van der Waals surface area contributed by atoms with E-state index in [1.165, 1.54) is 11.3 Å². The van der Waals surface area contributed by atoms with Gasteiger partial charge >= 0.3 is 0 Å². The molecule has 0 aliphatic carbocycles. The van der Waals surface area contributed by atoms with E-state index in [4.69, 9.17) is 0 Å². The minimum Gasteiger partial charge on any atom is -0.264 e. The summed E-state index contributed by atoms with van der Waals surface area (Å²) in [5.74, 6) is 0. The Kier molecular flexibility index (Phi) is 2.60. The van der Waals surface area contributed by atoms with Gasteiger partial charge in [0.15, 0.2) is 10.7 Å². The Morgan fingerprint density at radius 3 is 2.64 bits per heavy atom. The van der Waals surface area contributed by atoms with Crippen LogP contribution in [0.25, 0.3) is 10.4 Å². The van der Waals surface area contributed by atoms with Gasteiger partial charge in [-0.25, -0.2) is 8.42 Å². The molecule has 72 valence electrons. The molecule has 0 saturated carbocycles. The first-order valence-corrected chi connectivity index (χ1v) is 5.91. The number of hydrogen-bond acceptors (Lipinski definition) is 4. The van der Waals surface area contributed by atoms with Gasteiger partial charge in [-0.15, -0.1) is 11.3 Å². The summed E-state index contributed by atoms with van der Waals surface area (Å²) < 4.78 is 21.7. The Balaban J connectivity index is 2.44. The van der Waals surface area contributed by atoms with Crippen LogP contribution in [0.4, 0.5) is 0 Å². The van der Waals surface area contributed by atoms with E-state index in [9.17, 15) is 8.42 Å². The van der Waals surface area contributed by atoms with E-state index in [-0.39, 0.29) is 0 Å². The average Bonchev–Trinajstić information content (AvgIpc) is 2.68. The van der Waals surface area contributed by atoms with Crippen molar-refractivity contribution in [3.63, 3.8) is 0 Å². The SMILES string of the molecule is O=[SH](=O)c1ccc(-c2cccnc2)s1. The summed E-state index contributed by atoms with van der Waals surface area (Å²) in [6.45, 7) is 0. The molecule has 0 unspecified atom stereocenters. The summed E-state index contributed by atoms with van der Waals surface area (Å²) in [7, 11) is -2.47. The maximum Gasteiger partial charge on any atom is 0.177 e. The Bertz CT molecular complexity index is 495. The highest BCUT2D eigenvalue weighted by Crippen LogP contribution is 2.27. The van der Waals surface area contributed by atoms with Crippen LogP contribution in [0.5, 0.6) is 0 Å². The Hall–Kier alpha value is -1.20. The van der Waals surface area contributed by atoms with Gasteiger partial charge in [0.2, 0.25) is 0 Å². The normalized spacial score (nSPS) is 10.6. The fourth-order valence-corrected chi connectivity index (χ4v) is 2.61. The van der Waals surface area contributed by atoms with Crippen LogP contribution in [-0.4, -0.2) is 13.4 Å². The highest BCUT2D eigenvalue weighted by atomic mass is 32.2. The van der Waals surface area contributed by atoms with Gasteiger partial charge in [0.05, 0.1) is 0 Å². The van der Waals surface area contributed by atoms with Gasteiger partial charge in [-0.05, 0) is 18.2 Å². The summed E-state index contributed by atoms with van der Waals surface area (Å²) in [5.41, 5.74) is 0.945. The highest BCUT2D eigenvalue weighted by Gasteiger charge is 2.03. The second-order valence-corrected chi connectivity index (χ2v) is 5.02. The third-order valence-corrected chi connectivity index (χ3v) is 3.88. The number of thiol groups is 1. The van der Waals surface area contributed by atoms with Gasteiger partial charge in [0, 0.05) is 22.8 Å². The summed E-state index contributed by atoms with van der Waals surface area (Å²) in [6.07, 6.45) is 3.40. The van der Waals surface area contributed by atoms with Crippen LogP contribution in [0.2, 0.25) is 0 Å². The van der Waals surface area contributed by atoms with E-state index in [2.05, 4.69) is 4.98 Å². The van der Waals surface area contributed by atoms with Crippen molar-refractivity contribution in [2.75, 3.05) is 0 Å². The van der Waals surface area contributed by atoms with Crippen LogP contribution in [0.3, 0.4) is 0 Å². The fraction of sp³-hybridized carbons (Fsp3) is 0. The van der Waals surface area contributed by atoms with Crippen LogP contribution in [0.1, 0.15) is 0 Å². The van der Waals surface area contributed by atoms with E-state index in [0.717, 1.165) is 10.4 Å². The van der Waals surface area contributed by atoms with Crippen molar-refractivity contribution in [1.82, 2.24) is 4.98 Å². The molecule has 0 saturated heterocycles. The van der Waals surface area contributed by atoms with E-state index in [1.54, 1.807) is 24.5 Å². The summed E-state index contributed by atoms with van der Waals surface area (Å²) in [4.78, 5) is 4.89. The van der Waals surface area contributed by atoms with E-state index >= 15 is 0 Å². The minimum absolute atomic E-state index is 0.388. The van der Waals surface area contributed by atoms with Gasteiger partial charge in [-0.1, -0.05) is 6.07 Å². The smallest absolute Gasteiger partial charge is 0.177 e. The third kappa shape index (κ3) is 1.83. The van der Waals surface area contributed by atoms with Crippen molar-refractivity contribution in [2.24, 2.45) is 0 Å². The number of rotatable bonds is 2. The Labute approximate surface area is 87.0 Å². The van der Waals surface area contributed by atoms with Gasteiger partial charge in [-0.2, -0.15) is 0 Å². The quantitative estimate of drug-likeness (QED) is 0.792. The molecule has 2 aromatic rings. The number of thiophene rings is 1. The third-order valence-electron chi connectivity index (χ3n) is 1.72. The molecule has 0 radical (unpaired) electrons. The zero-order valence-electron chi connectivity index (χ0n) is 7.08. The molecule has 0 fully saturated rings. The van der Waals surface area contributed by atoms with Crippen molar-refractivity contribution >= 4 is 22.0 Å². The Morgan fingerprint density at radius 2 is 2.07 bits per heavy atom. The van der Waals surface area contributed by atoms with Gasteiger partial charge in [0.1, 0.15) is 4.21 Å². The first-order valence-electron chi connectivity index (χ1n) is 3.92. The molecule has 0 aliphatic heterocycles. The molecule has 0 aromatic carbocycles. The second kappa shape index (κ2) is 3.89. The van der Waals surface area contributed by atoms with Crippen LogP contribution >= 0.6 is 11.3 Å². The Morgan fingerprint density at radius 1 is 1.21 bits per heavy atom. The lowest BCUT2D eigenvalue weighted by molar-refractivity contribution is 0.616.